The van der Waals surface area contributed by atoms with Crippen molar-refractivity contribution in [3.05, 3.63) is 30.1 Å². The summed E-state index contributed by atoms with van der Waals surface area (Å²) in [5, 5.41) is 0. The molecule has 1 aromatic heterocycles. The quantitative estimate of drug-likeness (QED) is 0.701. The van der Waals surface area contributed by atoms with E-state index in [9.17, 15) is 0 Å². The molecule has 0 amide bonds. The summed E-state index contributed by atoms with van der Waals surface area (Å²) in [5.74, 6) is 2.78. The number of hydrogen-bond donors (Lipinski definition) is 1. The van der Waals surface area contributed by atoms with Gasteiger partial charge in [-0.05, 0) is 24.8 Å². The normalized spacial score (nSPS) is 25.8. The van der Waals surface area contributed by atoms with Crippen molar-refractivity contribution in [2.45, 2.75) is 25.3 Å². The van der Waals surface area contributed by atoms with Crippen LogP contribution in [0.1, 0.15) is 30.9 Å². The van der Waals surface area contributed by atoms with Crippen molar-refractivity contribution >= 4 is 0 Å². The Labute approximate surface area is 91.3 Å². The summed E-state index contributed by atoms with van der Waals surface area (Å²) in [6.07, 6.45) is 13.1. The minimum absolute atomic E-state index is 0.559. The van der Waals surface area contributed by atoms with Crippen molar-refractivity contribution in [2.75, 3.05) is 13.1 Å². The highest BCUT2D eigenvalue weighted by atomic mass is 15.2. The van der Waals surface area contributed by atoms with Crippen molar-refractivity contribution < 1.29 is 4.90 Å². The van der Waals surface area contributed by atoms with Gasteiger partial charge in [-0.25, -0.2) is 0 Å². The molecule has 1 N–H and O–H groups in total. The number of nitrogens with zero attached hydrogens (tertiary/aromatic N) is 1. The summed E-state index contributed by atoms with van der Waals surface area (Å²) < 4.78 is 0. The third-order valence-electron chi connectivity index (χ3n) is 3.15. The molecule has 1 aliphatic heterocycles. The van der Waals surface area contributed by atoms with Crippen LogP contribution in [-0.2, 0) is 0 Å². The van der Waals surface area contributed by atoms with Gasteiger partial charge in [-0.2, -0.15) is 0 Å². The highest BCUT2D eigenvalue weighted by Gasteiger charge is 2.26. The summed E-state index contributed by atoms with van der Waals surface area (Å²) in [7, 11) is 0. The minimum atomic E-state index is 0.559. The highest BCUT2D eigenvalue weighted by molar-refractivity contribution is 5.12. The molecule has 1 aliphatic rings. The fourth-order valence-electron chi connectivity index (χ4n) is 2.41. The van der Waals surface area contributed by atoms with E-state index in [-0.39, 0.29) is 0 Å². The van der Waals surface area contributed by atoms with Crippen LogP contribution >= 0.6 is 0 Å². The lowest BCUT2D eigenvalue weighted by atomic mass is 9.96. The first-order valence-electron chi connectivity index (χ1n) is 5.60. The van der Waals surface area contributed by atoms with E-state index in [1.165, 1.54) is 36.3 Å². The molecule has 15 heavy (non-hydrogen) atoms. The molecule has 0 saturated carbocycles. The fraction of sp³-hybridized carbons (Fsp3) is 0.462. The number of nitrogens with one attached hydrogen (secondary N) is 1. The number of likely N-dealkylation sites (tertiary alicyclic amines) is 1. The standard InChI is InChI=1S/C13H16N2/c1-2-9-15-10-4-3-7-13(15)12-6-5-8-14-11-12/h1,5-6,8,11,13H,3-4,7,9-10H2/p+1/t13-/m0/s1. The van der Waals surface area contributed by atoms with Crippen molar-refractivity contribution in [3.63, 3.8) is 0 Å². The van der Waals surface area contributed by atoms with E-state index in [1.807, 2.05) is 18.5 Å². The van der Waals surface area contributed by atoms with Crippen LogP contribution in [0.2, 0.25) is 0 Å². The topological polar surface area (TPSA) is 17.3 Å². The summed E-state index contributed by atoms with van der Waals surface area (Å²) in [6.45, 7) is 2.03. The number of rotatable bonds is 2. The molecule has 2 rings (SSSR count). The SMILES string of the molecule is C#CC[NH+]1CCCC[C@H]1c1cccnc1. The number of terminal acetylenes is 1. The van der Waals surface area contributed by atoms with Gasteiger partial charge in [-0.15, -0.1) is 6.42 Å². The van der Waals surface area contributed by atoms with Crippen LogP contribution in [0.15, 0.2) is 24.5 Å². The van der Waals surface area contributed by atoms with Crippen molar-refractivity contribution in [1.29, 1.82) is 0 Å². The summed E-state index contributed by atoms with van der Waals surface area (Å²) >= 11 is 0. The average molecular weight is 201 g/mol. The molecule has 2 atom stereocenters. The van der Waals surface area contributed by atoms with E-state index >= 15 is 0 Å². The Kier molecular flexibility index (Phi) is 3.37. The maximum absolute atomic E-state index is 5.41. The second kappa shape index (κ2) is 4.95. The maximum atomic E-state index is 5.41. The first-order chi connectivity index (χ1) is 7.42. The van der Waals surface area contributed by atoms with Crippen molar-refractivity contribution in [3.8, 4) is 12.3 Å². The summed E-state index contributed by atoms with van der Waals surface area (Å²) in [5.41, 5.74) is 1.34. The molecule has 1 fully saturated rings. The van der Waals surface area contributed by atoms with Gasteiger partial charge in [0.2, 0.25) is 0 Å². The van der Waals surface area contributed by atoms with Crippen LogP contribution in [0.4, 0.5) is 0 Å². The molecule has 1 aromatic rings. The number of piperidine rings is 1. The predicted molar refractivity (Wildman–Crippen MR) is 60.4 cm³/mol. The number of hydrogen-bond acceptors (Lipinski definition) is 1. The molecule has 2 nitrogen and oxygen atoms in total. The van der Waals surface area contributed by atoms with Gasteiger partial charge >= 0.3 is 0 Å². The molecular formula is C13H17N2+. The van der Waals surface area contributed by atoms with Gasteiger partial charge in [0, 0.05) is 24.4 Å². The van der Waals surface area contributed by atoms with E-state index < -0.39 is 0 Å². The lowest BCUT2D eigenvalue weighted by Crippen LogP contribution is -3.13. The zero-order chi connectivity index (χ0) is 10.5. The lowest BCUT2D eigenvalue weighted by molar-refractivity contribution is -0.930. The van der Waals surface area contributed by atoms with E-state index in [2.05, 4.69) is 17.0 Å². The summed E-state index contributed by atoms with van der Waals surface area (Å²) in [6, 6.07) is 4.74. The lowest BCUT2D eigenvalue weighted by Gasteiger charge is -2.31. The van der Waals surface area contributed by atoms with Crippen LogP contribution < -0.4 is 4.90 Å². The third-order valence-corrected chi connectivity index (χ3v) is 3.15. The molecule has 0 radical (unpaired) electrons. The van der Waals surface area contributed by atoms with Gasteiger partial charge in [0.15, 0.2) is 0 Å². The van der Waals surface area contributed by atoms with Crippen molar-refractivity contribution in [1.82, 2.24) is 4.98 Å². The zero-order valence-electron chi connectivity index (χ0n) is 8.95. The predicted octanol–water partition coefficient (Wildman–Crippen LogP) is 0.825. The zero-order valence-corrected chi connectivity index (χ0v) is 8.95. The van der Waals surface area contributed by atoms with Gasteiger partial charge < -0.3 is 4.90 Å². The number of aromatic nitrogens is 1. The second-order valence-electron chi connectivity index (χ2n) is 4.12. The van der Waals surface area contributed by atoms with Gasteiger partial charge in [-0.3, -0.25) is 4.98 Å². The first kappa shape index (κ1) is 10.2. The Hall–Kier alpha value is -1.33. The molecule has 2 heterocycles. The Bertz CT molecular complexity index is 339. The van der Waals surface area contributed by atoms with Gasteiger partial charge in [0.05, 0.1) is 6.54 Å². The molecule has 0 spiro atoms. The molecule has 1 saturated heterocycles. The Morgan fingerprint density at radius 1 is 1.53 bits per heavy atom. The van der Waals surface area contributed by atoms with Crippen molar-refractivity contribution in [2.24, 2.45) is 0 Å². The average Bonchev–Trinajstić information content (AvgIpc) is 2.31. The molecular weight excluding hydrogens is 184 g/mol. The van der Waals surface area contributed by atoms with Crippen LogP contribution in [-0.4, -0.2) is 18.1 Å². The Morgan fingerprint density at radius 2 is 2.47 bits per heavy atom. The van der Waals surface area contributed by atoms with E-state index in [0.29, 0.717) is 6.04 Å². The highest BCUT2D eigenvalue weighted by Crippen LogP contribution is 2.17. The molecule has 0 bridgehead atoms. The molecule has 1 unspecified atom stereocenters. The molecule has 0 aromatic carbocycles. The molecule has 78 valence electrons. The maximum Gasteiger partial charge on any atom is 0.139 e. The van der Waals surface area contributed by atoms with Crippen LogP contribution in [0.5, 0.6) is 0 Å². The first-order valence-corrected chi connectivity index (χ1v) is 5.60. The second-order valence-corrected chi connectivity index (χ2v) is 4.12. The monoisotopic (exact) mass is 201 g/mol. The molecule has 2 heteroatoms. The Balaban J connectivity index is 2.15. The largest absolute Gasteiger partial charge is 0.319 e. The van der Waals surface area contributed by atoms with Gasteiger partial charge in [0.1, 0.15) is 12.6 Å². The minimum Gasteiger partial charge on any atom is -0.319 e. The van der Waals surface area contributed by atoms with E-state index in [0.717, 1.165) is 6.54 Å². The smallest absolute Gasteiger partial charge is 0.139 e. The van der Waals surface area contributed by atoms with Crippen LogP contribution in [0.3, 0.4) is 0 Å². The van der Waals surface area contributed by atoms with E-state index in [1.54, 1.807) is 0 Å². The fourth-order valence-corrected chi connectivity index (χ4v) is 2.41. The summed E-state index contributed by atoms with van der Waals surface area (Å²) in [4.78, 5) is 5.71. The Morgan fingerprint density at radius 3 is 3.20 bits per heavy atom. The molecule has 0 aliphatic carbocycles. The van der Waals surface area contributed by atoms with Crippen LogP contribution in [0, 0.1) is 12.3 Å². The third kappa shape index (κ3) is 2.37. The number of pyridine rings is 1. The van der Waals surface area contributed by atoms with E-state index in [4.69, 9.17) is 6.42 Å². The van der Waals surface area contributed by atoms with Crippen LogP contribution in [0.25, 0.3) is 0 Å². The van der Waals surface area contributed by atoms with Gasteiger partial charge in [0.25, 0.3) is 0 Å². The number of quaternary nitrogens is 1. The van der Waals surface area contributed by atoms with Gasteiger partial charge in [-0.1, -0.05) is 6.07 Å².